The standard InChI is InChI=1S/C23H29F3N4O2/c1-14-9-15(2)12-29(11-14)13-16(3)27-22(32)21-20(31)10-17(4)30(28-21)19-8-6-5-7-18(19)23(24,25)26/h5-8,10,14-16H,9,11-13H2,1-4H3,(H,27,32)/t14-,15-,16+/m1/s1. The third-order valence-electron chi connectivity index (χ3n) is 5.61. The van der Waals surface area contributed by atoms with Crippen LogP contribution >= 0.6 is 0 Å². The van der Waals surface area contributed by atoms with Crippen LogP contribution in [-0.2, 0) is 6.18 Å². The quantitative estimate of drug-likeness (QED) is 0.755. The van der Waals surface area contributed by atoms with Gasteiger partial charge in [0.2, 0.25) is 5.43 Å². The zero-order valence-corrected chi connectivity index (χ0v) is 18.7. The molecule has 0 radical (unpaired) electrons. The molecular formula is C23H29F3N4O2. The minimum Gasteiger partial charge on any atom is -0.347 e. The van der Waals surface area contributed by atoms with E-state index in [4.69, 9.17) is 0 Å². The van der Waals surface area contributed by atoms with E-state index >= 15 is 0 Å². The number of nitrogens with one attached hydrogen (secondary N) is 1. The van der Waals surface area contributed by atoms with Crippen molar-refractivity contribution in [1.82, 2.24) is 20.0 Å². The number of hydrogen-bond donors (Lipinski definition) is 1. The second-order valence-corrected chi connectivity index (χ2v) is 8.96. The van der Waals surface area contributed by atoms with Crippen LogP contribution in [0.1, 0.15) is 48.9 Å². The van der Waals surface area contributed by atoms with E-state index < -0.39 is 28.8 Å². The van der Waals surface area contributed by atoms with Crippen LogP contribution in [0.25, 0.3) is 5.69 Å². The molecule has 0 aliphatic carbocycles. The molecule has 174 valence electrons. The number of aromatic nitrogens is 2. The molecule has 0 spiro atoms. The van der Waals surface area contributed by atoms with Gasteiger partial charge in [-0.15, -0.1) is 0 Å². The maximum absolute atomic E-state index is 13.5. The van der Waals surface area contributed by atoms with Crippen LogP contribution in [0.3, 0.4) is 0 Å². The highest BCUT2D eigenvalue weighted by molar-refractivity contribution is 5.92. The van der Waals surface area contributed by atoms with Gasteiger partial charge in [-0.1, -0.05) is 26.0 Å². The lowest BCUT2D eigenvalue weighted by molar-refractivity contribution is -0.137. The van der Waals surface area contributed by atoms with Crippen LogP contribution < -0.4 is 10.7 Å². The first-order valence-electron chi connectivity index (χ1n) is 10.8. The monoisotopic (exact) mass is 450 g/mol. The maximum atomic E-state index is 13.5. The molecule has 0 saturated carbocycles. The van der Waals surface area contributed by atoms with E-state index in [1.165, 1.54) is 31.5 Å². The Kier molecular flexibility index (Phi) is 7.07. The van der Waals surface area contributed by atoms with Crippen LogP contribution in [0.4, 0.5) is 13.2 Å². The highest BCUT2D eigenvalue weighted by Crippen LogP contribution is 2.33. The molecule has 1 amide bonds. The first kappa shape index (κ1) is 24.0. The molecule has 3 atom stereocenters. The van der Waals surface area contributed by atoms with Crippen molar-refractivity contribution in [1.29, 1.82) is 0 Å². The summed E-state index contributed by atoms with van der Waals surface area (Å²) >= 11 is 0. The average Bonchev–Trinajstić information content (AvgIpc) is 2.66. The van der Waals surface area contributed by atoms with E-state index in [9.17, 15) is 22.8 Å². The van der Waals surface area contributed by atoms with Gasteiger partial charge in [0, 0.05) is 37.4 Å². The van der Waals surface area contributed by atoms with Gasteiger partial charge in [-0.3, -0.25) is 9.59 Å². The van der Waals surface area contributed by atoms with Gasteiger partial charge >= 0.3 is 6.18 Å². The van der Waals surface area contributed by atoms with Crippen LogP contribution in [0.5, 0.6) is 0 Å². The summed E-state index contributed by atoms with van der Waals surface area (Å²) in [5.74, 6) is 0.446. The first-order chi connectivity index (χ1) is 15.0. The normalized spacial score (nSPS) is 20.7. The highest BCUT2D eigenvalue weighted by Gasteiger charge is 2.34. The van der Waals surface area contributed by atoms with E-state index in [0.717, 1.165) is 29.9 Å². The van der Waals surface area contributed by atoms with Gasteiger partial charge in [-0.05, 0) is 44.2 Å². The van der Waals surface area contributed by atoms with Gasteiger partial charge < -0.3 is 10.2 Å². The number of amides is 1. The van der Waals surface area contributed by atoms with E-state index in [1.807, 2.05) is 6.92 Å². The molecular weight excluding hydrogens is 421 g/mol. The number of nitrogens with zero attached hydrogens (tertiary/aromatic N) is 3. The molecule has 2 heterocycles. The van der Waals surface area contributed by atoms with Crippen LogP contribution in [0.2, 0.25) is 0 Å². The third-order valence-corrected chi connectivity index (χ3v) is 5.61. The number of alkyl halides is 3. The number of rotatable bonds is 5. The van der Waals surface area contributed by atoms with Crippen molar-refractivity contribution in [3.63, 3.8) is 0 Å². The fourth-order valence-electron chi connectivity index (χ4n) is 4.51. The molecule has 1 aliphatic rings. The average molecular weight is 451 g/mol. The number of hydrogen-bond acceptors (Lipinski definition) is 4. The molecule has 1 aliphatic heterocycles. The summed E-state index contributed by atoms with van der Waals surface area (Å²) in [5.41, 5.74) is -2.00. The highest BCUT2D eigenvalue weighted by atomic mass is 19.4. The molecule has 9 heteroatoms. The maximum Gasteiger partial charge on any atom is 0.418 e. The van der Waals surface area contributed by atoms with E-state index in [2.05, 4.69) is 29.2 Å². The second kappa shape index (κ2) is 9.44. The zero-order valence-electron chi connectivity index (χ0n) is 18.7. The molecule has 0 bridgehead atoms. The topological polar surface area (TPSA) is 67.2 Å². The predicted molar refractivity (Wildman–Crippen MR) is 116 cm³/mol. The van der Waals surface area contributed by atoms with Crippen LogP contribution in [0, 0.1) is 18.8 Å². The fraction of sp³-hybridized carbons (Fsp3) is 0.522. The summed E-state index contributed by atoms with van der Waals surface area (Å²) in [6.45, 7) is 10.2. The van der Waals surface area contributed by atoms with Gasteiger partial charge in [-0.2, -0.15) is 18.3 Å². The Labute approximate surface area is 185 Å². The lowest BCUT2D eigenvalue weighted by Gasteiger charge is -2.36. The SMILES string of the molecule is Cc1cc(=O)c(C(=O)N[C@@H](C)CN2C[C@H](C)C[C@@H](C)C2)nn1-c1ccccc1C(F)(F)F. The molecule has 1 aromatic carbocycles. The number of piperidine rings is 1. The largest absolute Gasteiger partial charge is 0.418 e. The van der Waals surface area contributed by atoms with Gasteiger partial charge in [-0.25, -0.2) is 4.68 Å². The molecule has 1 N–H and O–H groups in total. The second-order valence-electron chi connectivity index (χ2n) is 8.96. The van der Waals surface area contributed by atoms with Crippen molar-refractivity contribution in [2.24, 2.45) is 11.8 Å². The molecule has 2 aromatic rings. The number of benzene rings is 1. The minimum atomic E-state index is -4.60. The zero-order chi connectivity index (χ0) is 23.6. The summed E-state index contributed by atoms with van der Waals surface area (Å²) in [4.78, 5) is 27.5. The van der Waals surface area contributed by atoms with E-state index in [0.29, 0.717) is 18.4 Å². The Morgan fingerprint density at radius 1 is 1.22 bits per heavy atom. The molecule has 6 nitrogen and oxygen atoms in total. The van der Waals surface area contributed by atoms with Crippen LogP contribution in [0.15, 0.2) is 35.1 Å². The Bertz CT molecular complexity index is 1020. The number of aryl methyl sites for hydroxylation is 1. The molecule has 0 unspecified atom stereocenters. The summed E-state index contributed by atoms with van der Waals surface area (Å²) in [6.07, 6.45) is -3.43. The molecule has 32 heavy (non-hydrogen) atoms. The van der Waals surface area contributed by atoms with Crippen molar-refractivity contribution < 1.29 is 18.0 Å². The third kappa shape index (κ3) is 5.56. The van der Waals surface area contributed by atoms with Gasteiger partial charge in [0.25, 0.3) is 5.91 Å². The summed E-state index contributed by atoms with van der Waals surface area (Å²) in [7, 11) is 0. The van der Waals surface area contributed by atoms with Crippen LogP contribution in [-0.4, -0.2) is 46.3 Å². The Morgan fingerprint density at radius 2 is 1.84 bits per heavy atom. The Balaban J connectivity index is 1.83. The van der Waals surface area contributed by atoms with Crippen molar-refractivity contribution in [2.45, 2.75) is 46.3 Å². The van der Waals surface area contributed by atoms with Crippen molar-refractivity contribution >= 4 is 5.91 Å². The molecule has 1 fully saturated rings. The molecule has 1 saturated heterocycles. The Morgan fingerprint density at radius 3 is 2.47 bits per heavy atom. The lowest BCUT2D eigenvalue weighted by Crippen LogP contribution is -2.47. The van der Waals surface area contributed by atoms with Gasteiger partial charge in [0.05, 0.1) is 11.3 Å². The smallest absolute Gasteiger partial charge is 0.347 e. The first-order valence-corrected chi connectivity index (χ1v) is 10.8. The number of likely N-dealkylation sites (tertiary alicyclic amines) is 1. The minimum absolute atomic E-state index is 0.201. The van der Waals surface area contributed by atoms with Crippen molar-refractivity contribution in [3.8, 4) is 5.69 Å². The van der Waals surface area contributed by atoms with Crippen molar-refractivity contribution in [3.05, 3.63) is 57.5 Å². The lowest BCUT2D eigenvalue weighted by atomic mass is 9.92. The number of carbonyl (C=O) groups is 1. The number of carbonyl (C=O) groups excluding carboxylic acids is 1. The summed E-state index contributed by atoms with van der Waals surface area (Å²) in [6, 6.07) is 5.81. The summed E-state index contributed by atoms with van der Waals surface area (Å²) in [5, 5.41) is 6.80. The molecule has 1 aromatic heterocycles. The van der Waals surface area contributed by atoms with E-state index in [1.54, 1.807) is 0 Å². The van der Waals surface area contributed by atoms with Crippen molar-refractivity contribution in [2.75, 3.05) is 19.6 Å². The predicted octanol–water partition coefficient (Wildman–Crippen LogP) is 3.66. The summed E-state index contributed by atoms with van der Waals surface area (Å²) < 4.78 is 41.4. The number of para-hydroxylation sites is 1. The van der Waals surface area contributed by atoms with Gasteiger partial charge in [0.1, 0.15) is 0 Å². The van der Waals surface area contributed by atoms with Gasteiger partial charge in [0.15, 0.2) is 5.69 Å². The molecule has 3 rings (SSSR count). The number of halogens is 3. The van der Waals surface area contributed by atoms with E-state index in [-0.39, 0.29) is 17.4 Å². The Hall–Kier alpha value is -2.68. The fourth-order valence-corrected chi connectivity index (χ4v) is 4.51.